The van der Waals surface area contributed by atoms with E-state index in [2.05, 4.69) is 13.9 Å². The van der Waals surface area contributed by atoms with Gasteiger partial charge in [0.1, 0.15) is 6.04 Å². The Morgan fingerprint density at radius 3 is 2.59 bits per heavy atom. The van der Waals surface area contributed by atoms with Crippen molar-refractivity contribution in [1.82, 2.24) is 28.0 Å². The largest absolute Gasteiger partial charge is 0.341 e. The van der Waals surface area contributed by atoms with Crippen molar-refractivity contribution in [3.63, 3.8) is 0 Å². The number of carbonyl (C=O) groups excluding carboxylic acids is 3. The van der Waals surface area contributed by atoms with Crippen LogP contribution in [-0.4, -0.2) is 88.9 Å². The van der Waals surface area contributed by atoms with Crippen LogP contribution in [0.2, 0.25) is 0 Å². The number of unbranched alkanes of at least 4 members (excludes halogenated alkanes) is 2. The Balaban J connectivity index is 0.984. The van der Waals surface area contributed by atoms with Gasteiger partial charge in [0, 0.05) is 58.7 Å². The molecule has 0 saturated carbocycles. The molecule has 4 aliphatic rings. The first-order valence-electron chi connectivity index (χ1n) is 16.2. The van der Waals surface area contributed by atoms with Gasteiger partial charge in [-0.15, -0.1) is 0 Å². The van der Waals surface area contributed by atoms with E-state index >= 15 is 0 Å². The van der Waals surface area contributed by atoms with Crippen LogP contribution in [0.5, 0.6) is 0 Å². The molecule has 3 atom stereocenters. The number of imidazole rings is 1. The molecule has 3 amide bonds. The van der Waals surface area contributed by atoms with E-state index in [1.165, 1.54) is 4.57 Å². The number of aromatic nitrogens is 2. The molecule has 5 heterocycles. The van der Waals surface area contributed by atoms with Crippen LogP contribution in [0.1, 0.15) is 82.2 Å². The normalized spacial score (nSPS) is 26.2. The SMILES string of the molecule is Cn1c(=O)n(C2CCC(=O)NC2=O)c2ccc(CCCCCC(=O)N3CCC4(CCCN4S(=O)N4CCC(N)CC4)C3)cc21. The fourth-order valence-electron chi connectivity index (χ4n) is 7.54. The third kappa shape index (κ3) is 6.03. The third-order valence-electron chi connectivity index (χ3n) is 10.2. The maximum atomic E-state index is 13.5. The molecule has 3 unspecified atom stereocenters. The lowest BCUT2D eigenvalue weighted by molar-refractivity contribution is -0.135. The number of imide groups is 1. The zero-order valence-electron chi connectivity index (χ0n) is 25.7. The average Bonchev–Trinajstić information content (AvgIpc) is 3.70. The highest BCUT2D eigenvalue weighted by atomic mass is 32.2. The van der Waals surface area contributed by atoms with Crippen molar-refractivity contribution in [2.24, 2.45) is 12.8 Å². The molecular formula is C31H45N7O5S. The lowest BCUT2D eigenvalue weighted by atomic mass is 9.97. The number of nitrogens with two attached hydrogens (primary N) is 1. The van der Waals surface area contributed by atoms with Crippen LogP contribution in [-0.2, 0) is 39.0 Å². The van der Waals surface area contributed by atoms with Gasteiger partial charge in [-0.25, -0.2) is 17.6 Å². The molecule has 6 rings (SSSR count). The summed E-state index contributed by atoms with van der Waals surface area (Å²) in [5, 5.41) is 2.34. The number of nitrogens with zero attached hydrogens (tertiary/aromatic N) is 5. The monoisotopic (exact) mass is 627 g/mol. The number of hydrogen-bond donors (Lipinski definition) is 2. The Hall–Kier alpha value is -2.87. The number of hydrogen-bond acceptors (Lipinski definition) is 6. The molecule has 4 aliphatic heterocycles. The molecule has 240 valence electrons. The van der Waals surface area contributed by atoms with Crippen molar-refractivity contribution in [2.45, 2.75) is 94.7 Å². The molecule has 13 heteroatoms. The van der Waals surface area contributed by atoms with Gasteiger partial charge in [0.2, 0.25) is 17.7 Å². The molecule has 2 aromatic rings. The van der Waals surface area contributed by atoms with E-state index < -0.39 is 23.1 Å². The van der Waals surface area contributed by atoms with Crippen LogP contribution in [0.4, 0.5) is 0 Å². The standard InChI is InChI=1S/C31H45N7O5S/c1-34-26-20-22(8-9-24(26)38(30(34)42)25-10-11-27(39)33-29(25)41)6-3-2-4-7-28(40)35-19-15-31(21-35)14-5-16-37(31)44(43)36-17-12-23(32)13-18-36/h8-9,20,23,25H,2-7,10-19,21,32H2,1H3,(H,33,39,41). The number of amides is 3. The van der Waals surface area contributed by atoms with E-state index in [-0.39, 0.29) is 35.5 Å². The van der Waals surface area contributed by atoms with Crippen molar-refractivity contribution in [2.75, 3.05) is 32.7 Å². The molecule has 0 radical (unpaired) electrons. The van der Waals surface area contributed by atoms with Crippen LogP contribution in [0.25, 0.3) is 11.0 Å². The van der Waals surface area contributed by atoms with Gasteiger partial charge in [-0.3, -0.25) is 28.8 Å². The highest BCUT2D eigenvalue weighted by molar-refractivity contribution is 7.80. The highest BCUT2D eigenvalue weighted by Crippen LogP contribution is 2.40. The minimum Gasteiger partial charge on any atom is -0.341 e. The van der Waals surface area contributed by atoms with E-state index in [1.807, 2.05) is 23.1 Å². The van der Waals surface area contributed by atoms with Crippen molar-refractivity contribution in [3.05, 3.63) is 34.2 Å². The van der Waals surface area contributed by atoms with Gasteiger partial charge < -0.3 is 10.6 Å². The van der Waals surface area contributed by atoms with E-state index in [9.17, 15) is 23.4 Å². The second kappa shape index (κ2) is 12.9. The lowest BCUT2D eigenvalue weighted by Crippen LogP contribution is -2.53. The molecule has 1 aromatic heterocycles. The smallest absolute Gasteiger partial charge is 0.329 e. The van der Waals surface area contributed by atoms with Gasteiger partial charge >= 0.3 is 5.69 Å². The summed E-state index contributed by atoms with van der Waals surface area (Å²) in [6, 6.07) is 5.40. The summed E-state index contributed by atoms with van der Waals surface area (Å²) in [7, 11) is 1.71. The Kier molecular flexibility index (Phi) is 9.10. The highest BCUT2D eigenvalue weighted by Gasteiger charge is 2.50. The van der Waals surface area contributed by atoms with Crippen molar-refractivity contribution >= 4 is 39.9 Å². The van der Waals surface area contributed by atoms with E-state index in [0.29, 0.717) is 24.9 Å². The fourth-order valence-corrected chi connectivity index (χ4v) is 9.20. The molecule has 3 N–H and O–H groups in total. The minimum absolute atomic E-state index is 0.171. The number of rotatable bonds is 9. The summed E-state index contributed by atoms with van der Waals surface area (Å²) < 4.78 is 20.8. The number of carbonyl (C=O) groups is 3. The topological polar surface area (TPSA) is 143 Å². The fraction of sp³-hybridized carbons (Fsp3) is 0.677. The van der Waals surface area contributed by atoms with Gasteiger partial charge in [-0.2, -0.15) is 0 Å². The summed E-state index contributed by atoms with van der Waals surface area (Å²) in [4.78, 5) is 52.2. The zero-order valence-corrected chi connectivity index (χ0v) is 26.5. The molecule has 1 spiro atoms. The number of aryl methyl sites for hydroxylation is 2. The van der Waals surface area contributed by atoms with Gasteiger partial charge in [0.25, 0.3) is 0 Å². The summed E-state index contributed by atoms with van der Waals surface area (Å²) >= 11 is -1.17. The molecule has 0 aliphatic carbocycles. The molecule has 1 aromatic carbocycles. The van der Waals surface area contributed by atoms with Crippen LogP contribution in [0.15, 0.2) is 23.0 Å². The van der Waals surface area contributed by atoms with Gasteiger partial charge in [0.05, 0.1) is 16.6 Å². The zero-order chi connectivity index (χ0) is 31.0. The van der Waals surface area contributed by atoms with Crippen LogP contribution >= 0.6 is 0 Å². The van der Waals surface area contributed by atoms with Crippen LogP contribution in [0, 0.1) is 0 Å². The van der Waals surface area contributed by atoms with E-state index in [1.54, 1.807) is 11.6 Å². The number of nitrogens with one attached hydrogen (secondary N) is 1. The Morgan fingerprint density at radius 1 is 1.02 bits per heavy atom. The second-order valence-electron chi connectivity index (χ2n) is 13.1. The Bertz CT molecular complexity index is 1510. The first kappa shape index (κ1) is 31.1. The molecule has 0 bridgehead atoms. The van der Waals surface area contributed by atoms with Gasteiger partial charge in [-0.05, 0) is 75.5 Å². The van der Waals surface area contributed by atoms with Crippen molar-refractivity contribution < 1.29 is 18.6 Å². The maximum Gasteiger partial charge on any atom is 0.329 e. The maximum absolute atomic E-state index is 13.5. The lowest BCUT2D eigenvalue weighted by Gasteiger charge is -2.38. The minimum atomic E-state index is -1.17. The Labute approximate surface area is 260 Å². The summed E-state index contributed by atoms with van der Waals surface area (Å²) in [6.07, 6.45) is 9.19. The van der Waals surface area contributed by atoms with Crippen molar-refractivity contribution in [1.29, 1.82) is 0 Å². The molecule has 4 fully saturated rings. The first-order valence-corrected chi connectivity index (χ1v) is 17.2. The van der Waals surface area contributed by atoms with Gasteiger partial charge in [-0.1, -0.05) is 12.5 Å². The van der Waals surface area contributed by atoms with E-state index in [0.717, 1.165) is 95.0 Å². The predicted octanol–water partition coefficient (Wildman–Crippen LogP) is 1.49. The van der Waals surface area contributed by atoms with E-state index in [4.69, 9.17) is 5.73 Å². The first-order chi connectivity index (χ1) is 21.2. The molecule has 4 saturated heterocycles. The molecular weight excluding hydrogens is 582 g/mol. The average molecular weight is 628 g/mol. The number of likely N-dealkylation sites (tertiary alicyclic amines) is 1. The number of piperidine rings is 2. The second-order valence-corrected chi connectivity index (χ2v) is 14.5. The van der Waals surface area contributed by atoms with Crippen LogP contribution in [0.3, 0.4) is 0 Å². The quantitative estimate of drug-likeness (QED) is 0.319. The Morgan fingerprint density at radius 2 is 1.82 bits per heavy atom. The summed E-state index contributed by atoms with van der Waals surface area (Å²) in [5.74, 6) is -0.549. The molecule has 44 heavy (non-hydrogen) atoms. The number of benzene rings is 1. The molecule has 12 nitrogen and oxygen atoms in total. The van der Waals surface area contributed by atoms with Crippen LogP contribution < -0.4 is 16.7 Å². The summed E-state index contributed by atoms with van der Waals surface area (Å²) in [6.45, 7) is 3.75. The predicted molar refractivity (Wildman–Crippen MR) is 168 cm³/mol. The number of fused-ring (bicyclic) bond motifs is 1. The third-order valence-corrected chi connectivity index (χ3v) is 11.9. The van der Waals surface area contributed by atoms with Crippen molar-refractivity contribution in [3.8, 4) is 0 Å². The van der Waals surface area contributed by atoms with Gasteiger partial charge in [0.15, 0.2) is 11.2 Å². The summed E-state index contributed by atoms with van der Waals surface area (Å²) in [5.41, 5.74) is 8.17.